The minimum Gasteiger partial charge on any atom is -0.384 e. The van der Waals surface area contributed by atoms with Crippen LogP contribution in [0, 0.1) is 22.7 Å². The Labute approximate surface area is 212 Å². The quantitative estimate of drug-likeness (QED) is 0.446. The molecule has 0 saturated carbocycles. The first kappa shape index (κ1) is 23.6. The summed E-state index contributed by atoms with van der Waals surface area (Å²) in [5.41, 5.74) is 3.52. The van der Waals surface area contributed by atoms with Gasteiger partial charge in [-0.15, -0.1) is 0 Å². The summed E-state index contributed by atoms with van der Waals surface area (Å²) in [4.78, 5) is 15.4. The molecule has 4 aromatic rings. The van der Waals surface area contributed by atoms with Gasteiger partial charge in [0.1, 0.15) is 18.2 Å². The van der Waals surface area contributed by atoms with Gasteiger partial charge in [-0.25, -0.2) is 4.52 Å². The molecule has 1 aromatic carbocycles. The van der Waals surface area contributed by atoms with Crippen LogP contribution in [0.25, 0.3) is 16.6 Å². The molecule has 1 amide bonds. The molecule has 0 radical (unpaired) electrons. The van der Waals surface area contributed by atoms with E-state index in [9.17, 15) is 20.4 Å². The number of likely N-dealkylation sites (tertiary alicyclic amines) is 1. The predicted octanol–water partition coefficient (Wildman–Crippen LogP) is 3.64. The van der Waals surface area contributed by atoms with Gasteiger partial charge < -0.3 is 10.0 Å². The Hall–Kier alpha value is -4.12. The number of rotatable bonds is 5. The van der Waals surface area contributed by atoms with Gasteiger partial charge in [-0.05, 0) is 38.0 Å². The molecule has 1 atom stereocenters. The number of benzene rings is 1. The molecule has 1 aliphatic heterocycles. The Morgan fingerprint density at radius 3 is 2.53 bits per heavy atom. The van der Waals surface area contributed by atoms with Crippen molar-refractivity contribution in [2.45, 2.75) is 41.7 Å². The van der Waals surface area contributed by atoms with E-state index < -0.39 is 6.10 Å². The standard InChI is InChI=1S/C26H23N7O2S/c1-17(34)26(35)31-8-6-22(7-9-31)32-16-21(14-29-32)19-10-24(25-20(12-28)13-30-33(25)15-19)36-23-5-3-2-4-18(23)11-27/h2-5,10,13-17,22,34H,6-9H2,1H3/t17-/m1/s1. The second-order valence-electron chi connectivity index (χ2n) is 8.71. The zero-order chi connectivity index (χ0) is 25.2. The highest BCUT2D eigenvalue weighted by molar-refractivity contribution is 7.99. The van der Waals surface area contributed by atoms with Crippen LogP contribution in [0.5, 0.6) is 0 Å². The molecule has 1 saturated heterocycles. The minimum absolute atomic E-state index is 0.159. The molecule has 3 aromatic heterocycles. The molecule has 1 N–H and O–H groups in total. The minimum atomic E-state index is -0.983. The zero-order valence-electron chi connectivity index (χ0n) is 19.6. The lowest BCUT2D eigenvalue weighted by Gasteiger charge is -2.32. The monoisotopic (exact) mass is 497 g/mol. The van der Waals surface area contributed by atoms with E-state index in [1.54, 1.807) is 27.9 Å². The van der Waals surface area contributed by atoms with Gasteiger partial charge in [0, 0.05) is 46.4 Å². The van der Waals surface area contributed by atoms with Gasteiger partial charge in [0.2, 0.25) is 0 Å². The number of nitrogens with zero attached hydrogens (tertiary/aromatic N) is 7. The number of aromatic nitrogens is 4. The fraction of sp³-hybridized carbons (Fsp3) is 0.269. The summed E-state index contributed by atoms with van der Waals surface area (Å²) in [5.74, 6) is -0.234. The number of amides is 1. The number of carbonyl (C=O) groups excluding carboxylic acids is 1. The second kappa shape index (κ2) is 9.86. The third kappa shape index (κ3) is 4.44. The molecule has 180 valence electrons. The highest BCUT2D eigenvalue weighted by Gasteiger charge is 2.26. The number of hydrogen-bond acceptors (Lipinski definition) is 7. The van der Waals surface area contributed by atoms with E-state index in [-0.39, 0.29) is 11.9 Å². The van der Waals surface area contributed by atoms with Crippen LogP contribution in [0.3, 0.4) is 0 Å². The SMILES string of the molecule is C[C@@H](O)C(=O)N1CCC(n2cc(-c3cc(Sc4ccccc4C#N)c4c(C#N)cnn4c3)cn2)CC1. The number of aliphatic hydroxyl groups excluding tert-OH is 1. The number of nitriles is 2. The van der Waals surface area contributed by atoms with Crippen LogP contribution in [0.2, 0.25) is 0 Å². The van der Waals surface area contributed by atoms with Crippen molar-refractivity contribution in [2.24, 2.45) is 0 Å². The van der Waals surface area contributed by atoms with Gasteiger partial charge in [-0.3, -0.25) is 9.48 Å². The average molecular weight is 498 g/mol. The summed E-state index contributed by atoms with van der Waals surface area (Å²) < 4.78 is 3.63. The third-order valence-electron chi connectivity index (χ3n) is 6.37. The molecule has 0 spiro atoms. The highest BCUT2D eigenvalue weighted by Crippen LogP contribution is 2.37. The summed E-state index contributed by atoms with van der Waals surface area (Å²) in [6.45, 7) is 2.66. The Bertz CT molecular complexity index is 1520. The fourth-order valence-corrected chi connectivity index (χ4v) is 5.56. The van der Waals surface area contributed by atoms with Gasteiger partial charge in [0.25, 0.3) is 5.91 Å². The highest BCUT2D eigenvalue weighted by atomic mass is 32.2. The van der Waals surface area contributed by atoms with Crippen molar-refractivity contribution in [1.29, 1.82) is 10.5 Å². The lowest BCUT2D eigenvalue weighted by molar-refractivity contribution is -0.140. The second-order valence-corrected chi connectivity index (χ2v) is 9.79. The maximum absolute atomic E-state index is 12.1. The topological polar surface area (TPSA) is 123 Å². The van der Waals surface area contributed by atoms with E-state index in [4.69, 9.17) is 0 Å². The molecule has 36 heavy (non-hydrogen) atoms. The maximum Gasteiger partial charge on any atom is 0.251 e. The fourth-order valence-electron chi connectivity index (χ4n) is 4.47. The van der Waals surface area contributed by atoms with Gasteiger partial charge in [0.05, 0.1) is 35.1 Å². The van der Waals surface area contributed by atoms with E-state index in [1.165, 1.54) is 18.7 Å². The molecule has 0 unspecified atom stereocenters. The number of piperidine rings is 1. The van der Waals surface area contributed by atoms with Crippen LogP contribution < -0.4 is 0 Å². The van der Waals surface area contributed by atoms with Gasteiger partial charge in [-0.1, -0.05) is 23.9 Å². The number of aliphatic hydroxyl groups is 1. The third-order valence-corrected chi connectivity index (χ3v) is 7.47. The first-order valence-corrected chi connectivity index (χ1v) is 12.4. The van der Waals surface area contributed by atoms with Crippen LogP contribution in [0.1, 0.15) is 36.9 Å². The number of pyridine rings is 1. The molecule has 4 heterocycles. The Morgan fingerprint density at radius 1 is 1.06 bits per heavy atom. The van der Waals surface area contributed by atoms with Gasteiger partial charge in [-0.2, -0.15) is 20.7 Å². The average Bonchev–Trinajstić information content (AvgIpc) is 3.56. The van der Waals surface area contributed by atoms with Crippen LogP contribution in [-0.2, 0) is 4.79 Å². The largest absolute Gasteiger partial charge is 0.384 e. The van der Waals surface area contributed by atoms with Crippen molar-refractivity contribution in [3.63, 3.8) is 0 Å². The lowest BCUT2D eigenvalue weighted by Crippen LogP contribution is -2.43. The molecule has 0 aliphatic carbocycles. The predicted molar refractivity (Wildman–Crippen MR) is 133 cm³/mol. The Morgan fingerprint density at radius 2 is 1.81 bits per heavy atom. The van der Waals surface area contributed by atoms with Crippen molar-refractivity contribution >= 4 is 23.2 Å². The lowest BCUT2D eigenvalue weighted by atomic mass is 10.0. The first-order chi connectivity index (χ1) is 17.5. The Balaban J connectivity index is 1.45. The van der Waals surface area contributed by atoms with E-state index in [2.05, 4.69) is 22.3 Å². The van der Waals surface area contributed by atoms with Gasteiger partial charge >= 0.3 is 0 Å². The normalized spacial score (nSPS) is 14.9. The van der Waals surface area contributed by atoms with Crippen LogP contribution >= 0.6 is 11.8 Å². The van der Waals surface area contributed by atoms with E-state index in [0.29, 0.717) is 29.7 Å². The van der Waals surface area contributed by atoms with Crippen molar-refractivity contribution in [1.82, 2.24) is 24.3 Å². The zero-order valence-corrected chi connectivity index (χ0v) is 20.4. The maximum atomic E-state index is 12.1. The van der Waals surface area contributed by atoms with Crippen LogP contribution in [-0.4, -0.2) is 54.5 Å². The summed E-state index contributed by atoms with van der Waals surface area (Å²) in [5, 5.41) is 37.7. The van der Waals surface area contributed by atoms with Crippen molar-refractivity contribution < 1.29 is 9.90 Å². The number of carbonyl (C=O) groups is 1. The number of fused-ring (bicyclic) bond motifs is 1. The summed E-state index contributed by atoms with van der Waals surface area (Å²) in [7, 11) is 0. The first-order valence-electron chi connectivity index (χ1n) is 11.6. The molecule has 1 fully saturated rings. The Kier molecular flexibility index (Phi) is 6.47. The molecule has 10 heteroatoms. The molecular formula is C26H23N7O2S. The van der Waals surface area contributed by atoms with E-state index >= 15 is 0 Å². The molecule has 5 rings (SSSR count). The van der Waals surface area contributed by atoms with Gasteiger partial charge in [0.15, 0.2) is 0 Å². The van der Waals surface area contributed by atoms with Crippen molar-refractivity contribution in [2.75, 3.05) is 13.1 Å². The summed E-state index contributed by atoms with van der Waals surface area (Å²) in [6, 6.07) is 14.0. The van der Waals surface area contributed by atoms with Crippen LogP contribution in [0.4, 0.5) is 0 Å². The molecular weight excluding hydrogens is 474 g/mol. The smallest absolute Gasteiger partial charge is 0.251 e. The van der Waals surface area contributed by atoms with E-state index in [1.807, 2.05) is 41.3 Å². The molecule has 9 nitrogen and oxygen atoms in total. The van der Waals surface area contributed by atoms with Crippen molar-refractivity contribution in [3.05, 3.63) is 66.2 Å². The summed E-state index contributed by atoms with van der Waals surface area (Å²) >= 11 is 1.43. The van der Waals surface area contributed by atoms with Crippen LogP contribution in [0.15, 0.2) is 64.9 Å². The van der Waals surface area contributed by atoms with E-state index in [0.717, 1.165) is 33.8 Å². The molecule has 1 aliphatic rings. The van der Waals surface area contributed by atoms with Crippen molar-refractivity contribution in [3.8, 4) is 23.3 Å². The summed E-state index contributed by atoms with van der Waals surface area (Å²) in [6.07, 6.45) is 7.76. The number of hydrogen-bond donors (Lipinski definition) is 1. The molecule has 0 bridgehead atoms.